The van der Waals surface area contributed by atoms with Gasteiger partial charge in [-0.1, -0.05) is 0 Å². The molecule has 10 heteroatoms. The molecule has 0 aromatic heterocycles. The number of nitrogens with zero attached hydrogens (tertiary/aromatic N) is 2. The summed E-state index contributed by atoms with van der Waals surface area (Å²) in [6.07, 6.45) is 0.839. The molecule has 0 aromatic rings. The number of carbonyl (C=O) groups excluding carboxylic acids is 2. The Morgan fingerprint density at radius 3 is 1.25 bits per heavy atom. The summed E-state index contributed by atoms with van der Waals surface area (Å²) in [4.78, 5) is 48.4. The minimum absolute atomic E-state index is 0.144. The summed E-state index contributed by atoms with van der Waals surface area (Å²) in [5.41, 5.74) is -1.15. The Balaban J connectivity index is 0.000000181. The first kappa shape index (κ1) is 24.1. The largest absolute Gasteiger partial charge is 0.480 e. The van der Waals surface area contributed by atoms with Crippen molar-refractivity contribution in [3.8, 4) is 0 Å². The van der Waals surface area contributed by atoms with Crippen LogP contribution in [0.25, 0.3) is 0 Å². The number of amides is 2. The highest BCUT2D eigenvalue weighted by atomic mass is 16.6. The third-order valence-electron chi connectivity index (χ3n) is 6.06. The molecule has 10 nitrogen and oxygen atoms in total. The number of piperidine rings is 2. The molecule has 4 rings (SSSR count). The SMILES string of the molecule is CC(C)(C)OC(=O)N1C[C@@H]2C[C@@H]2[C@H]1C(=O)O.CC(C)(C)OC(=O)N1C[C@H]2C[C@H]2[C@H]1C(=O)O. The van der Waals surface area contributed by atoms with Crippen LogP contribution < -0.4 is 0 Å². The molecule has 2 saturated carbocycles. The molecular formula is C22H34N2O8. The lowest BCUT2D eigenvalue weighted by Gasteiger charge is -2.28. The maximum Gasteiger partial charge on any atom is 0.411 e. The third-order valence-corrected chi connectivity index (χ3v) is 6.06. The summed E-state index contributed by atoms with van der Waals surface area (Å²) in [6.45, 7) is 11.7. The normalized spacial score (nSPS) is 32.2. The number of hydrogen-bond donors (Lipinski definition) is 2. The Morgan fingerprint density at radius 1 is 0.688 bits per heavy atom. The lowest BCUT2D eigenvalue weighted by molar-refractivity contribution is -0.143. The van der Waals surface area contributed by atoms with Crippen molar-refractivity contribution >= 4 is 24.1 Å². The van der Waals surface area contributed by atoms with Gasteiger partial charge in [-0.2, -0.15) is 0 Å². The number of carboxylic acid groups (broad SMARTS) is 2. The van der Waals surface area contributed by atoms with E-state index in [1.54, 1.807) is 41.5 Å². The summed E-state index contributed by atoms with van der Waals surface area (Å²) < 4.78 is 10.4. The molecule has 6 atom stereocenters. The number of aliphatic carboxylic acids is 2. The minimum atomic E-state index is -0.921. The van der Waals surface area contributed by atoms with E-state index in [9.17, 15) is 19.2 Å². The highest BCUT2D eigenvalue weighted by molar-refractivity contribution is 5.82. The molecule has 0 aromatic carbocycles. The molecule has 2 aliphatic carbocycles. The van der Waals surface area contributed by atoms with Crippen LogP contribution in [0.5, 0.6) is 0 Å². The predicted molar refractivity (Wildman–Crippen MR) is 112 cm³/mol. The molecule has 0 bridgehead atoms. The van der Waals surface area contributed by atoms with E-state index < -0.39 is 47.4 Å². The molecule has 2 aliphatic heterocycles. The first-order valence-electron chi connectivity index (χ1n) is 11.0. The molecule has 4 fully saturated rings. The molecule has 0 unspecified atom stereocenters. The number of carbonyl (C=O) groups is 4. The van der Waals surface area contributed by atoms with Gasteiger partial charge in [0.1, 0.15) is 23.3 Å². The van der Waals surface area contributed by atoms with Gasteiger partial charge in [-0.05, 0) is 78.1 Å². The van der Waals surface area contributed by atoms with Crippen molar-refractivity contribution < 1.29 is 38.9 Å². The van der Waals surface area contributed by atoms with E-state index in [1.807, 2.05) is 0 Å². The highest BCUT2D eigenvalue weighted by Crippen LogP contribution is 2.50. The average Bonchev–Trinajstić information content (AvgIpc) is 3.47. The summed E-state index contributed by atoms with van der Waals surface area (Å²) in [5.74, 6) is -0.816. The summed E-state index contributed by atoms with van der Waals surface area (Å²) in [6, 6.07) is -1.36. The Hall–Kier alpha value is -2.52. The molecule has 2 saturated heterocycles. The first-order valence-corrected chi connectivity index (χ1v) is 11.0. The van der Waals surface area contributed by atoms with Gasteiger partial charge in [0.25, 0.3) is 0 Å². The van der Waals surface area contributed by atoms with Gasteiger partial charge in [0.05, 0.1) is 0 Å². The van der Waals surface area contributed by atoms with Gasteiger partial charge in [-0.15, -0.1) is 0 Å². The quantitative estimate of drug-likeness (QED) is 0.650. The number of fused-ring (bicyclic) bond motifs is 2. The Labute approximate surface area is 187 Å². The fraction of sp³-hybridized carbons (Fsp3) is 0.818. The molecule has 4 aliphatic rings. The smallest absolute Gasteiger partial charge is 0.411 e. The average molecular weight is 455 g/mol. The van der Waals surface area contributed by atoms with Gasteiger partial charge in [0.2, 0.25) is 0 Å². The van der Waals surface area contributed by atoms with E-state index in [2.05, 4.69) is 0 Å². The zero-order valence-electron chi connectivity index (χ0n) is 19.5. The molecule has 180 valence electrons. The molecule has 2 N–H and O–H groups in total. The Kier molecular flexibility index (Phi) is 6.12. The van der Waals surface area contributed by atoms with Crippen LogP contribution in [0.3, 0.4) is 0 Å². The summed E-state index contributed by atoms with van der Waals surface area (Å²) >= 11 is 0. The second-order valence-corrected chi connectivity index (χ2v) is 11.2. The zero-order valence-corrected chi connectivity index (χ0v) is 19.5. The van der Waals surface area contributed by atoms with Crippen LogP contribution in [0.2, 0.25) is 0 Å². The van der Waals surface area contributed by atoms with E-state index in [0.717, 1.165) is 12.8 Å². The summed E-state index contributed by atoms with van der Waals surface area (Å²) in [5, 5.41) is 18.2. The van der Waals surface area contributed by atoms with E-state index in [0.29, 0.717) is 24.9 Å². The van der Waals surface area contributed by atoms with E-state index in [4.69, 9.17) is 19.7 Å². The van der Waals surface area contributed by atoms with Crippen LogP contribution in [0.15, 0.2) is 0 Å². The van der Waals surface area contributed by atoms with Gasteiger partial charge in [0.15, 0.2) is 0 Å². The van der Waals surface area contributed by atoms with E-state index in [1.165, 1.54) is 9.80 Å². The Morgan fingerprint density at radius 2 is 1.00 bits per heavy atom. The molecule has 0 radical (unpaired) electrons. The maximum absolute atomic E-state index is 11.8. The lowest BCUT2D eigenvalue weighted by atomic mass is 10.2. The molecule has 2 amide bonds. The second kappa shape index (κ2) is 8.12. The van der Waals surface area contributed by atoms with Crippen molar-refractivity contribution in [2.75, 3.05) is 13.1 Å². The fourth-order valence-corrected chi connectivity index (χ4v) is 4.58. The van der Waals surface area contributed by atoms with Crippen molar-refractivity contribution in [3.05, 3.63) is 0 Å². The second-order valence-electron chi connectivity index (χ2n) is 11.2. The summed E-state index contributed by atoms with van der Waals surface area (Å²) in [7, 11) is 0. The number of hydrogen-bond acceptors (Lipinski definition) is 6. The van der Waals surface area contributed by atoms with E-state index >= 15 is 0 Å². The molecule has 0 spiro atoms. The number of ether oxygens (including phenoxy) is 2. The van der Waals surface area contributed by atoms with Gasteiger partial charge in [0, 0.05) is 13.1 Å². The van der Waals surface area contributed by atoms with Crippen molar-refractivity contribution in [2.45, 2.75) is 77.7 Å². The number of rotatable bonds is 2. The van der Waals surface area contributed by atoms with Crippen molar-refractivity contribution in [1.82, 2.24) is 9.80 Å². The molecule has 2 heterocycles. The standard InChI is InChI=1S/2C11H17NO4/c2*1-11(2,3)16-10(15)12-5-6-4-7(6)8(12)9(13)14/h2*6-8H,4-5H2,1-3H3,(H,13,14)/t6-,7-,8+;6-,7-,8-/m10/s1. The van der Waals surface area contributed by atoms with Gasteiger partial charge < -0.3 is 19.7 Å². The van der Waals surface area contributed by atoms with Crippen LogP contribution in [0, 0.1) is 23.7 Å². The van der Waals surface area contributed by atoms with Crippen LogP contribution in [0.4, 0.5) is 9.59 Å². The lowest BCUT2D eigenvalue weighted by Crippen LogP contribution is -2.45. The van der Waals surface area contributed by atoms with Crippen molar-refractivity contribution in [2.24, 2.45) is 23.7 Å². The fourth-order valence-electron chi connectivity index (χ4n) is 4.58. The topological polar surface area (TPSA) is 134 Å². The zero-order chi connectivity index (χ0) is 24.2. The van der Waals surface area contributed by atoms with E-state index in [-0.39, 0.29) is 11.8 Å². The van der Waals surface area contributed by atoms with Crippen molar-refractivity contribution in [1.29, 1.82) is 0 Å². The third kappa shape index (κ3) is 5.45. The van der Waals surface area contributed by atoms with Crippen LogP contribution >= 0.6 is 0 Å². The van der Waals surface area contributed by atoms with Gasteiger partial charge >= 0.3 is 24.1 Å². The van der Waals surface area contributed by atoms with Crippen LogP contribution in [0.1, 0.15) is 54.4 Å². The number of likely N-dealkylation sites (tertiary alicyclic amines) is 2. The number of carboxylic acids is 2. The minimum Gasteiger partial charge on any atom is -0.480 e. The molecule has 32 heavy (non-hydrogen) atoms. The van der Waals surface area contributed by atoms with Gasteiger partial charge in [-0.25, -0.2) is 19.2 Å². The monoisotopic (exact) mass is 454 g/mol. The Bertz CT molecular complexity index is 733. The predicted octanol–water partition coefficient (Wildman–Crippen LogP) is 2.65. The van der Waals surface area contributed by atoms with Crippen molar-refractivity contribution in [3.63, 3.8) is 0 Å². The maximum atomic E-state index is 11.8. The van der Waals surface area contributed by atoms with Gasteiger partial charge in [-0.3, -0.25) is 9.80 Å². The first-order chi connectivity index (χ1) is 14.6. The van der Waals surface area contributed by atoms with Crippen LogP contribution in [-0.2, 0) is 19.1 Å². The van der Waals surface area contributed by atoms with Crippen LogP contribution in [-0.4, -0.2) is 80.5 Å². The molecular weight excluding hydrogens is 420 g/mol. The highest BCUT2D eigenvalue weighted by Gasteiger charge is 2.58.